The van der Waals surface area contributed by atoms with Crippen molar-refractivity contribution in [2.45, 2.75) is 25.6 Å². The summed E-state index contributed by atoms with van der Waals surface area (Å²) in [6.45, 7) is 4.79. The van der Waals surface area contributed by atoms with Crippen molar-refractivity contribution in [3.05, 3.63) is 22.7 Å². The van der Waals surface area contributed by atoms with Gasteiger partial charge in [-0.3, -0.25) is 0 Å². The van der Waals surface area contributed by atoms with Crippen LogP contribution in [-0.2, 0) is 9.31 Å². The fraction of sp³-hybridized carbons (Fsp3) is 0.500. The lowest BCUT2D eigenvalue weighted by atomic mass is 9.77. The molecule has 0 bridgehead atoms. The second kappa shape index (κ2) is 5.15. The van der Waals surface area contributed by atoms with E-state index in [9.17, 15) is 0 Å². The number of benzene rings is 1. The van der Waals surface area contributed by atoms with Crippen LogP contribution >= 0.6 is 24.0 Å². The fourth-order valence-corrected chi connectivity index (χ4v) is 2.69. The fourth-order valence-electron chi connectivity index (χ4n) is 2.41. The number of hydrogen-bond donors (Lipinski definition) is 1. The number of hydrogen-bond acceptors (Lipinski definition) is 4. The Morgan fingerprint density at radius 1 is 1.47 bits per heavy atom. The van der Waals surface area contributed by atoms with Gasteiger partial charge in [-0.15, -0.1) is 12.4 Å². The summed E-state index contributed by atoms with van der Waals surface area (Å²) in [6, 6.07) is 3.68. The van der Waals surface area contributed by atoms with Crippen LogP contribution in [0.4, 0.5) is 0 Å². The first-order valence-corrected chi connectivity index (χ1v) is 6.38. The maximum Gasteiger partial charge on any atom is 0.499 e. The van der Waals surface area contributed by atoms with Crippen molar-refractivity contribution in [2.24, 2.45) is 5.73 Å². The van der Waals surface area contributed by atoms with Crippen LogP contribution in [0, 0.1) is 0 Å². The minimum absolute atomic E-state index is 0. The van der Waals surface area contributed by atoms with E-state index >= 15 is 0 Å². The van der Waals surface area contributed by atoms with Crippen LogP contribution < -0.4 is 15.9 Å². The van der Waals surface area contributed by atoms with Crippen molar-refractivity contribution in [2.75, 3.05) is 13.2 Å². The van der Waals surface area contributed by atoms with Crippen LogP contribution in [0.5, 0.6) is 5.75 Å². The molecule has 0 fully saturated rings. The van der Waals surface area contributed by atoms with Crippen molar-refractivity contribution in [3.8, 4) is 5.75 Å². The predicted octanol–water partition coefficient (Wildman–Crippen LogP) is 1.67. The summed E-state index contributed by atoms with van der Waals surface area (Å²) in [5.74, 6) is 0.779. The first kappa shape index (κ1) is 14.9. The highest BCUT2D eigenvalue weighted by atomic mass is 35.5. The molecule has 3 rings (SSSR count). The monoisotopic (exact) mass is 303 g/mol. The van der Waals surface area contributed by atoms with Gasteiger partial charge in [-0.2, -0.15) is 0 Å². The molecule has 1 aromatic carbocycles. The first-order chi connectivity index (χ1) is 8.52. The third-order valence-corrected chi connectivity index (χ3v) is 3.58. The van der Waals surface area contributed by atoms with Crippen molar-refractivity contribution in [3.63, 3.8) is 0 Å². The van der Waals surface area contributed by atoms with Gasteiger partial charge in [-0.05, 0) is 26.0 Å². The van der Waals surface area contributed by atoms with Gasteiger partial charge in [-0.25, -0.2) is 0 Å². The van der Waals surface area contributed by atoms with Gasteiger partial charge in [0.25, 0.3) is 0 Å². The summed E-state index contributed by atoms with van der Waals surface area (Å²) in [5, 5.41) is 0.651. The second-order valence-electron chi connectivity index (χ2n) is 5.23. The second-order valence-corrected chi connectivity index (χ2v) is 5.64. The van der Waals surface area contributed by atoms with Crippen molar-refractivity contribution in [1.29, 1.82) is 0 Å². The molecular formula is C12H16BCl2NO3. The smallest absolute Gasteiger partial charge is 0.491 e. The van der Waals surface area contributed by atoms with Crippen molar-refractivity contribution >= 4 is 36.6 Å². The van der Waals surface area contributed by atoms with E-state index in [1.807, 2.05) is 26.0 Å². The summed E-state index contributed by atoms with van der Waals surface area (Å²) in [4.78, 5) is 0. The van der Waals surface area contributed by atoms with E-state index in [0.29, 0.717) is 18.2 Å². The Bertz CT molecular complexity index is 498. The Labute approximate surface area is 124 Å². The quantitative estimate of drug-likeness (QED) is 0.802. The normalized spacial score (nSPS) is 23.2. The van der Waals surface area contributed by atoms with Gasteiger partial charge in [0, 0.05) is 22.6 Å². The number of nitrogens with two attached hydrogens (primary N) is 1. The molecule has 2 aliphatic rings. The predicted molar refractivity (Wildman–Crippen MR) is 77.6 cm³/mol. The highest BCUT2D eigenvalue weighted by Crippen LogP contribution is 2.36. The summed E-state index contributed by atoms with van der Waals surface area (Å²) < 4.78 is 17.6. The zero-order chi connectivity index (χ0) is 12.9. The van der Waals surface area contributed by atoms with Crippen LogP contribution in [-0.4, -0.2) is 25.9 Å². The molecule has 1 unspecified atom stereocenters. The van der Waals surface area contributed by atoms with Gasteiger partial charge < -0.3 is 19.8 Å². The molecule has 0 amide bonds. The van der Waals surface area contributed by atoms with E-state index in [1.54, 1.807) is 0 Å². The molecule has 0 radical (unpaired) electrons. The lowest BCUT2D eigenvalue weighted by molar-refractivity contribution is 0.0282. The molecule has 19 heavy (non-hydrogen) atoms. The van der Waals surface area contributed by atoms with Gasteiger partial charge in [0.05, 0.1) is 11.7 Å². The molecule has 1 aromatic rings. The van der Waals surface area contributed by atoms with Gasteiger partial charge in [0.15, 0.2) is 0 Å². The lowest BCUT2D eigenvalue weighted by Crippen LogP contribution is -2.40. The van der Waals surface area contributed by atoms with E-state index in [2.05, 4.69) is 0 Å². The Morgan fingerprint density at radius 2 is 2.21 bits per heavy atom. The van der Waals surface area contributed by atoms with Gasteiger partial charge in [0.2, 0.25) is 0 Å². The number of halogens is 2. The molecule has 0 aromatic heterocycles. The summed E-state index contributed by atoms with van der Waals surface area (Å²) >= 11 is 6.24. The van der Waals surface area contributed by atoms with E-state index in [4.69, 9.17) is 31.4 Å². The molecule has 0 aliphatic carbocycles. The third-order valence-electron chi connectivity index (χ3n) is 3.25. The molecule has 0 saturated heterocycles. The summed E-state index contributed by atoms with van der Waals surface area (Å²) in [6.07, 6.45) is -0.227. The molecule has 2 heterocycles. The van der Waals surface area contributed by atoms with E-state index in [1.165, 1.54) is 0 Å². The molecule has 1 atom stereocenters. The molecule has 0 saturated carbocycles. The topological polar surface area (TPSA) is 53.7 Å². The van der Waals surface area contributed by atoms with E-state index < -0.39 is 12.7 Å². The molecule has 7 heteroatoms. The molecule has 104 valence electrons. The first-order valence-electron chi connectivity index (χ1n) is 6.00. The molecule has 2 N–H and O–H groups in total. The molecule has 2 aliphatic heterocycles. The molecular weight excluding hydrogens is 288 g/mol. The van der Waals surface area contributed by atoms with Crippen molar-refractivity contribution in [1.82, 2.24) is 0 Å². The average molecular weight is 304 g/mol. The number of rotatable bonds is 1. The Kier molecular flexibility index (Phi) is 4.05. The Balaban J connectivity index is 0.00000133. The van der Waals surface area contributed by atoms with Crippen LogP contribution in [0.25, 0.3) is 0 Å². The van der Waals surface area contributed by atoms with E-state index in [0.717, 1.165) is 16.8 Å². The van der Waals surface area contributed by atoms with Gasteiger partial charge >= 0.3 is 7.12 Å². The largest absolute Gasteiger partial charge is 0.499 e. The Hall–Kier alpha value is -0.455. The maximum atomic E-state index is 6.24. The SMILES string of the molecule is CC1(C)COc2ccc(Cl)c3c2B(OC3CN)O1.Cl. The van der Waals surface area contributed by atoms with E-state index in [-0.39, 0.29) is 18.5 Å². The lowest BCUT2D eigenvalue weighted by Gasteiger charge is -2.25. The summed E-state index contributed by atoms with van der Waals surface area (Å²) in [5.41, 5.74) is 7.12. The van der Waals surface area contributed by atoms with Crippen LogP contribution in [0.1, 0.15) is 25.5 Å². The Morgan fingerprint density at radius 3 is 2.89 bits per heavy atom. The molecule has 0 spiro atoms. The molecule has 4 nitrogen and oxygen atoms in total. The minimum Gasteiger partial charge on any atom is -0.491 e. The summed E-state index contributed by atoms with van der Waals surface area (Å²) in [7, 11) is -0.445. The maximum absolute atomic E-state index is 6.24. The van der Waals surface area contributed by atoms with Crippen molar-refractivity contribution < 1.29 is 14.0 Å². The van der Waals surface area contributed by atoms with Crippen LogP contribution in [0.3, 0.4) is 0 Å². The highest BCUT2D eigenvalue weighted by molar-refractivity contribution is 6.65. The average Bonchev–Trinajstić information content (AvgIpc) is 2.61. The highest BCUT2D eigenvalue weighted by Gasteiger charge is 2.46. The zero-order valence-corrected chi connectivity index (χ0v) is 12.4. The van der Waals surface area contributed by atoms with Gasteiger partial charge in [0.1, 0.15) is 12.4 Å². The van der Waals surface area contributed by atoms with Gasteiger partial charge in [-0.1, -0.05) is 11.6 Å². The minimum atomic E-state index is -0.445. The van der Waals surface area contributed by atoms with Crippen LogP contribution in [0.15, 0.2) is 12.1 Å². The number of ether oxygens (including phenoxy) is 1. The standard InChI is InChI=1S/C12H15BClNO3.ClH/c1-12(2)6-16-8-4-3-7(14)10-9(5-15)17-13(18-12)11(8)10;/h3-4,9H,5-6,15H2,1-2H3;1H. The zero-order valence-electron chi connectivity index (χ0n) is 10.8. The van der Waals surface area contributed by atoms with Crippen LogP contribution in [0.2, 0.25) is 5.02 Å². The third kappa shape index (κ3) is 2.46.